The van der Waals surface area contributed by atoms with Gasteiger partial charge in [0.1, 0.15) is 5.75 Å². The molecule has 2 aromatic rings. The van der Waals surface area contributed by atoms with E-state index >= 15 is 0 Å². The Kier molecular flexibility index (Phi) is 4.61. The van der Waals surface area contributed by atoms with E-state index in [0.29, 0.717) is 6.42 Å². The van der Waals surface area contributed by atoms with Gasteiger partial charge in [0.25, 0.3) is 5.91 Å². The highest BCUT2D eigenvalue weighted by molar-refractivity contribution is 5.99. The lowest BCUT2D eigenvalue weighted by molar-refractivity contribution is -0.125. The van der Waals surface area contributed by atoms with Crippen LogP contribution in [0, 0.1) is 13.8 Å². The molecule has 1 aliphatic rings. The van der Waals surface area contributed by atoms with Crippen LogP contribution >= 0.6 is 0 Å². The van der Waals surface area contributed by atoms with Crippen LogP contribution in [0.1, 0.15) is 37.0 Å². The fourth-order valence-electron chi connectivity index (χ4n) is 3.32. The van der Waals surface area contributed by atoms with Gasteiger partial charge < -0.3 is 9.64 Å². The molecule has 126 valence electrons. The van der Waals surface area contributed by atoms with E-state index in [9.17, 15) is 4.79 Å². The minimum atomic E-state index is -0.458. The average molecular weight is 323 g/mol. The molecule has 0 spiro atoms. The number of hydrogen-bond acceptors (Lipinski definition) is 2. The van der Waals surface area contributed by atoms with E-state index in [2.05, 4.69) is 26.8 Å². The molecular formula is C21H25NO2. The maximum absolute atomic E-state index is 13.1. The first-order valence-electron chi connectivity index (χ1n) is 8.66. The molecule has 0 aliphatic carbocycles. The number of carbonyl (C=O) groups is 1. The molecule has 0 saturated carbocycles. The van der Waals surface area contributed by atoms with Gasteiger partial charge in [-0.2, -0.15) is 0 Å². The molecule has 24 heavy (non-hydrogen) atoms. The summed E-state index contributed by atoms with van der Waals surface area (Å²) in [5.41, 5.74) is 4.66. The molecule has 0 radical (unpaired) electrons. The molecule has 3 nitrogen and oxygen atoms in total. The fourth-order valence-corrected chi connectivity index (χ4v) is 3.32. The van der Waals surface area contributed by atoms with Crippen molar-refractivity contribution in [2.45, 2.75) is 52.7 Å². The van der Waals surface area contributed by atoms with Gasteiger partial charge in [-0.25, -0.2) is 0 Å². The standard InChI is InChI=1S/C21H25NO2/c1-5-20(24-18-11-10-14(2)15(3)12-18)21(23)22-16(4)13-17-8-6-7-9-19(17)22/h6-12,16,20H,5,13H2,1-4H3. The maximum atomic E-state index is 13.1. The summed E-state index contributed by atoms with van der Waals surface area (Å²) in [6.07, 6.45) is 1.10. The summed E-state index contributed by atoms with van der Waals surface area (Å²) in [7, 11) is 0. The fraction of sp³-hybridized carbons (Fsp3) is 0.381. The quantitative estimate of drug-likeness (QED) is 0.832. The van der Waals surface area contributed by atoms with Gasteiger partial charge in [-0.3, -0.25) is 4.79 Å². The van der Waals surface area contributed by atoms with Gasteiger partial charge >= 0.3 is 0 Å². The molecule has 2 aromatic carbocycles. The molecule has 1 aliphatic heterocycles. The van der Waals surface area contributed by atoms with Gasteiger partial charge in [0.15, 0.2) is 6.10 Å². The second-order valence-electron chi connectivity index (χ2n) is 6.65. The van der Waals surface area contributed by atoms with E-state index in [0.717, 1.165) is 17.9 Å². The lowest BCUT2D eigenvalue weighted by Crippen LogP contribution is -2.44. The summed E-state index contributed by atoms with van der Waals surface area (Å²) < 4.78 is 6.05. The first-order chi connectivity index (χ1) is 11.5. The van der Waals surface area contributed by atoms with Crippen LogP contribution in [0.2, 0.25) is 0 Å². The molecule has 2 unspecified atom stereocenters. The van der Waals surface area contributed by atoms with Gasteiger partial charge in [0.2, 0.25) is 0 Å². The number of fused-ring (bicyclic) bond motifs is 1. The summed E-state index contributed by atoms with van der Waals surface area (Å²) in [5.74, 6) is 0.812. The second kappa shape index (κ2) is 6.68. The van der Waals surface area contributed by atoms with E-state index in [1.807, 2.05) is 48.2 Å². The smallest absolute Gasteiger partial charge is 0.268 e. The Balaban J connectivity index is 1.83. The Morgan fingerprint density at radius 3 is 2.67 bits per heavy atom. The predicted molar refractivity (Wildman–Crippen MR) is 97.7 cm³/mol. The molecule has 3 heteroatoms. The van der Waals surface area contributed by atoms with Crippen LogP contribution in [0.3, 0.4) is 0 Å². The molecule has 0 aromatic heterocycles. The molecule has 0 saturated heterocycles. The monoisotopic (exact) mass is 323 g/mol. The van der Waals surface area contributed by atoms with Gasteiger partial charge in [0, 0.05) is 11.7 Å². The highest BCUT2D eigenvalue weighted by Gasteiger charge is 2.34. The zero-order valence-corrected chi connectivity index (χ0v) is 14.9. The summed E-state index contributed by atoms with van der Waals surface area (Å²) >= 11 is 0. The average Bonchev–Trinajstić information content (AvgIpc) is 2.91. The predicted octanol–water partition coefficient (Wildman–Crippen LogP) is 4.44. The maximum Gasteiger partial charge on any atom is 0.268 e. The minimum Gasteiger partial charge on any atom is -0.481 e. The molecule has 2 atom stereocenters. The number of carbonyl (C=O) groups excluding carboxylic acids is 1. The summed E-state index contributed by atoms with van der Waals surface area (Å²) in [6.45, 7) is 8.23. The number of benzene rings is 2. The zero-order valence-electron chi connectivity index (χ0n) is 14.9. The Morgan fingerprint density at radius 1 is 1.21 bits per heavy atom. The van der Waals surface area contributed by atoms with Crippen molar-refractivity contribution in [2.24, 2.45) is 0 Å². The first kappa shape index (κ1) is 16.6. The van der Waals surface area contributed by atoms with Crippen LogP contribution in [-0.4, -0.2) is 18.1 Å². The van der Waals surface area contributed by atoms with Crippen LogP contribution in [0.5, 0.6) is 5.75 Å². The largest absolute Gasteiger partial charge is 0.481 e. The lowest BCUT2D eigenvalue weighted by atomic mass is 10.1. The second-order valence-corrected chi connectivity index (χ2v) is 6.65. The third-order valence-corrected chi connectivity index (χ3v) is 4.85. The molecule has 1 heterocycles. The number of ether oxygens (including phenoxy) is 1. The zero-order chi connectivity index (χ0) is 17.3. The SMILES string of the molecule is CCC(Oc1ccc(C)c(C)c1)C(=O)N1c2ccccc2CC1C. The number of anilines is 1. The van der Waals surface area contributed by atoms with Crippen molar-refractivity contribution >= 4 is 11.6 Å². The summed E-state index contributed by atoms with van der Waals surface area (Å²) in [6, 6.07) is 14.3. The highest BCUT2D eigenvalue weighted by atomic mass is 16.5. The number of amides is 1. The molecule has 1 amide bonds. The minimum absolute atomic E-state index is 0.0492. The van der Waals surface area contributed by atoms with Crippen molar-refractivity contribution in [3.63, 3.8) is 0 Å². The van der Waals surface area contributed by atoms with Gasteiger partial charge in [-0.15, -0.1) is 0 Å². The third-order valence-electron chi connectivity index (χ3n) is 4.85. The van der Waals surface area contributed by atoms with E-state index in [1.54, 1.807) is 0 Å². The van der Waals surface area contributed by atoms with Gasteiger partial charge in [0.05, 0.1) is 0 Å². The van der Waals surface area contributed by atoms with Crippen molar-refractivity contribution in [1.29, 1.82) is 0 Å². The summed E-state index contributed by atoms with van der Waals surface area (Å²) in [5, 5.41) is 0. The van der Waals surface area contributed by atoms with Gasteiger partial charge in [-0.05, 0) is 68.5 Å². The van der Waals surface area contributed by atoms with E-state index < -0.39 is 6.10 Å². The van der Waals surface area contributed by atoms with E-state index in [1.165, 1.54) is 16.7 Å². The van der Waals surface area contributed by atoms with Crippen molar-refractivity contribution in [1.82, 2.24) is 0 Å². The van der Waals surface area contributed by atoms with E-state index in [4.69, 9.17) is 4.74 Å². The summed E-state index contributed by atoms with van der Waals surface area (Å²) in [4.78, 5) is 15.0. The molecular weight excluding hydrogens is 298 g/mol. The number of rotatable bonds is 4. The van der Waals surface area contributed by atoms with E-state index in [-0.39, 0.29) is 11.9 Å². The lowest BCUT2D eigenvalue weighted by Gasteiger charge is -2.27. The molecule has 3 rings (SSSR count). The van der Waals surface area contributed by atoms with Crippen molar-refractivity contribution < 1.29 is 9.53 Å². The van der Waals surface area contributed by atoms with Gasteiger partial charge in [-0.1, -0.05) is 31.2 Å². The van der Waals surface area contributed by atoms with Crippen LogP contribution in [0.15, 0.2) is 42.5 Å². The number of para-hydroxylation sites is 1. The number of aryl methyl sites for hydroxylation is 2. The third kappa shape index (κ3) is 3.03. The van der Waals surface area contributed by atoms with Crippen LogP contribution in [-0.2, 0) is 11.2 Å². The molecule has 0 bridgehead atoms. The normalized spacial score (nSPS) is 17.5. The first-order valence-corrected chi connectivity index (χ1v) is 8.66. The highest BCUT2D eigenvalue weighted by Crippen LogP contribution is 2.33. The topological polar surface area (TPSA) is 29.5 Å². The Morgan fingerprint density at radius 2 is 1.96 bits per heavy atom. The van der Waals surface area contributed by atoms with Crippen molar-refractivity contribution in [3.05, 3.63) is 59.2 Å². The van der Waals surface area contributed by atoms with Crippen molar-refractivity contribution in [3.8, 4) is 5.75 Å². The van der Waals surface area contributed by atoms with Crippen LogP contribution in [0.25, 0.3) is 0 Å². The Labute approximate surface area is 144 Å². The van der Waals surface area contributed by atoms with Crippen LogP contribution in [0.4, 0.5) is 5.69 Å². The Bertz CT molecular complexity index is 753. The molecule has 0 fully saturated rings. The molecule has 0 N–H and O–H groups in total. The van der Waals surface area contributed by atoms with Crippen LogP contribution < -0.4 is 9.64 Å². The number of hydrogen-bond donors (Lipinski definition) is 0. The Hall–Kier alpha value is -2.29. The van der Waals surface area contributed by atoms with Crippen molar-refractivity contribution in [2.75, 3.05) is 4.90 Å². The number of nitrogens with zero attached hydrogens (tertiary/aromatic N) is 1.